The molecule has 0 aliphatic carbocycles. The van der Waals surface area contributed by atoms with Crippen LogP contribution in [0.5, 0.6) is 0 Å². The summed E-state index contributed by atoms with van der Waals surface area (Å²) in [6, 6.07) is 17.2. The van der Waals surface area contributed by atoms with E-state index in [1.807, 2.05) is 0 Å². The number of para-hydroxylation sites is 2. The first-order valence-corrected chi connectivity index (χ1v) is 9.07. The van der Waals surface area contributed by atoms with Gasteiger partial charge in [0.05, 0.1) is 0 Å². The number of nitrogens with zero attached hydrogens (tertiary/aromatic N) is 1. The smallest absolute Gasteiger partial charge is 0.0485 e. The van der Waals surface area contributed by atoms with Gasteiger partial charge in [0.1, 0.15) is 0 Å². The Morgan fingerprint density at radius 1 is 1.04 bits per heavy atom. The fourth-order valence-electron chi connectivity index (χ4n) is 4.17. The molecule has 128 valence electrons. The predicted molar refractivity (Wildman–Crippen MR) is 106 cm³/mol. The summed E-state index contributed by atoms with van der Waals surface area (Å²) in [5, 5.41) is 2.65. The number of aromatic amines is 1. The largest absolute Gasteiger partial charge is 0.361 e. The lowest BCUT2D eigenvalue weighted by Crippen LogP contribution is -2.15. The quantitative estimate of drug-likeness (QED) is 0.545. The molecule has 1 unspecified atom stereocenters. The van der Waals surface area contributed by atoms with Gasteiger partial charge in [-0.25, -0.2) is 0 Å². The standard InChI is InChI=1S/C22H25N3/c1-3-25-15(2)19(18-9-5-7-11-22(18)25)12-16(13-23)20-14-24-21-10-6-4-8-17(20)21/h4-11,14,16,24H,3,12-13,23H2,1-2H3. The molecule has 0 aliphatic heterocycles. The van der Waals surface area contributed by atoms with Crippen LogP contribution >= 0.6 is 0 Å². The van der Waals surface area contributed by atoms with Crippen LogP contribution in [0.4, 0.5) is 0 Å². The number of benzene rings is 2. The zero-order valence-electron chi connectivity index (χ0n) is 14.9. The Kier molecular flexibility index (Phi) is 4.10. The molecule has 2 heterocycles. The van der Waals surface area contributed by atoms with E-state index in [-0.39, 0.29) is 0 Å². The lowest BCUT2D eigenvalue weighted by molar-refractivity contribution is 0.689. The number of nitrogens with two attached hydrogens (primary N) is 1. The lowest BCUT2D eigenvalue weighted by atomic mass is 9.90. The minimum Gasteiger partial charge on any atom is -0.361 e. The SMILES string of the molecule is CCn1c(C)c(CC(CN)c2c[nH]c3ccccc23)c2ccccc21. The minimum atomic E-state index is 0.311. The highest BCUT2D eigenvalue weighted by Gasteiger charge is 2.20. The van der Waals surface area contributed by atoms with Gasteiger partial charge in [-0.15, -0.1) is 0 Å². The second kappa shape index (κ2) is 6.41. The fraction of sp³-hybridized carbons (Fsp3) is 0.273. The Balaban J connectivity index is 1.81. The average Bonchev–Trinajstić information content (AvgIpc) is 3.19. The summed E-state index contributed by atoms with van der Waals surface area (Å²) in [5.41, 5.74) is 12.8. The van der Waals surface area contributed by atoms with Crippen LogP contribution in [0.1, 0.15) is 29.7 Å². The van der Waals surface area contributed by atoms with Crippen LogP contribution in [-0.2, 0) is 13.0 Å². The molecule has 0 bridgehead atoms. The Labute approximate surface area is 148 Å². The molecule has 0 radical (unpaired) electrons. The normalized spacial score (nSPS) is 12.9. The molecule has 4 rings (SSSR count). The van der Waals surface area contributed by atoms with Gasteiger partial charge in [-0.1, -0.05) is 36.4 Å². The molecule has 1 atom stereocenters. The zero-order valence-corrected chi connectivity index (χ0v) is 14.9. The van der Waals surface area contributed by atoms with E-state index in [4.69, 9.17) is 5.73 Å². The van der Waals surface area contributed by atoms with Crippen molar-refractivity contribution in [2.45, 2.75) is 32.7 Å². The molecule has 0 aliphatic rings. The molecule has 3 N–H and O–H groups in total. The Hall–Kier alpha value is -2.52. The summed E-state index contributed by atoms with van der Waals surface area (Å²) < 4.78 is 2.41. The maximum absolute atomic E-state index is 6.22. The van der Waals surface area contributed by atoms with Crippen molar-refractivity contribution in [2.24, 2.45) is 5.73 Å². The molecular formula is C22H25N3. The summed E-state index contributed by atoms with van der Waals surface area (Å²) in [4.78, 5) is 3.40. The van der Waals surface area contributed by atoms with Crippen LogP contribution in [0, 0.1) is 6.92 Å². The second-order valence-electron chi connectivity index (χ2n) is 6.75. The molecule has 0 amide bonds. The summed E-state index contributed by atoms with van der Waals surface area (Å²) in [7, 11) is 0. The van der Waals surface area contributed by atoms with Gasteiger partial charge in [0.15, 0.2) is 0 Å². The van der Waals surface area contributed by atoms with Crippen LogP contribution in [0.3, 0.4) is 0 Å². The molecule has 0 fully saturated rings. The maximum Gasteiger partial charge on any atom is 0.0485 e. The number of fused-ring (bicyclic) bond motifs is 2. The first-order chi connectivity index (χ1) is 12.2. The molecule has 0 saturated carbocycles. The maximum atomic E-state index is 6.22. The van der Waals surface area contributed by atoms with Crippen molar-refractivity contribution in [3.63, 3.8) is 0 Å². The van der Waals surface area contributed by atoms with E-state index in [1.165, 1.54) is 38.6 Å². The van der Waals surface area contributed by atoms with Gasteiger partial charge in [0.2, 0.25) is 0 Å². The topological polar surface area (TPSA) is 46.7 Å². The monoisotopic (exact) mass is 331 g/mol. The van der Waals surface area contributed by atoms with Crippen LogP contribution in [0.2, 0.25) is 0 Å². The van der Waals surface area contributed by atoms with Gasteiger partial charge in [-0.05, 0) is 50.1 Å². The Morgan fingerprint density at radius 2 is 1.76 bits per heavy atom. The number of hydrogen-bond donors (Lipinski definition) is 2. The van der Waals surface area contributed by atoms with E-state index >= 15 is 0 Å². The average molecular weight is 331 g/mol. The first kappa shape index (κ1) is 16.0. The van der Waals surface area contributed by atoms with Crippen LogP contribution in [0.15, 0.2) is 54.7 Å². The van der Waals surface area contributed by atoms with Gasteiger partial charge in [-0.3, -0.25) is 0 Å². The van der Waals surface area contributed by atoms with Crippen molar-refractivity contribution in [3.05, 3.63) is 71.5 Å². The molecule has 4 aromatic rings. The molecule has 0 saturated heterocycles. The Bertz CT molecular complexity index is 1020. The summed E-state index contributed by atoms with van der Waals surface area (Å²) in [6.45, 7) is 6.09. The van der Waals surface area contributed by atoms with Crippen molar-refractivity contribution >= 4 is 21.8 Å². The highest BCUT2D eigenvalue weighted by atomic mass is 15.0. The molecule has 2 aromatic heterocycles. The summed E-state index contributed by atoms with van der Waals surface area (Å²) >= 11 is 0. The van der Waals surface area contributed by atoms with Gasteiger partial charge in [-0.2, -0.15) is 0 Å². The lowest BCUT2D eigenvalue weighted by Gasteiger charge is -2.15. The van der Waals surface area contributed by atoms with Gasteiger partial charge < -0.3 is 15.3 Å². The number of H-pyrrole nitrogens is 1. The van der Waals surface area contributed by atoms with Crippen molar-refractivity contribution < 1.29 is 0 Å². The number of hydrogen-bond acceptors (Lipinski definition) is 1. The second-order valence-corrected chi connectivity index (χ2v) is 6.75. The van der Waals surface area contributed by atoms with E-state index in [0.29, 0.717) is 12.5 Å². The number of aryl methyl sites for hydroxylation is 1. The predicted octanol–water partition coefficient (Wildman–Crippen LogP) is 4.74. The fourth-order valence-corrected chi connectivity index (χ4v) is 4.17. The third-order valence-electron chi connectivity index (χ3n) is 5.47. The van der Waals surface area contributed by atoms with E-state index in [9.17, 15) is 0 Å². The molecular weight excluding hydrogens is 306 g/mol. The molecule has 2 aromatic carbocycles. The number of nitrogens with one attached hydrogen (secondary N) is 1. The van der Waals surface area contributed by atoms with E-state index < -0.39 is 0 Å². The van der Waals surface area contributed by atoms with Gasteiger partial charge in [0, 0.05) is 46.2 Å². The van der Waals surface area contributed by atoms with E-state index in [1.54, 1.807) is 0 Å². The van der Waals surface area contributed by atoms with E-state index in [0.717, 1.165) is 13.0 Å². The molecule has 25 heavy (non-hydrogen) atoms. The molecule has 0 spiro atoms. The number of rotatable bonds is 5. The highest BCUT2D eigenvalue weighted by molar-refractivity contribution is 5.86. The van der Waals surface area contributed by atoms with Crippen molar-refractivity contribution in [2.75, 3.05) is 6.54 Å². The van der Waals surface area contributed by atoms with Gasteiger partial charge in [0.25, 0.3) is 0 Å². The summed E-state index contributed by atoms with van der Waals surface area (Å²) in [5.74, 6) is 0.311. The minimum absolute atomic E-state index is 0.311. The van der Waals surface area contributed by atoms with Crippen molar-refractivity contribution in [1.29, 1.82) is 0 Å². The highest BCUT2D eigenvalue weighted by Crippen LogP contribution is 2.33. The third-order valence-corrected chi connectivity index (χ3v) is 5.47. The van der Waals surface area contributed by atoms with E-state index in [2.05, 4.69) is 78.1 Å². The van der Waals surface area contributed by atoms with Gasteiger partial charge >= 0.3 is 0 Å². The summed E-state index contributed by atoms with van der Waals surface area (Å²) in [6.07, 6.45) is 3.11. The van der Waals surface area contributed by atoms with Crippen molar-refractivity contribution in [1.82, 2.24) is 9.55 Å². The first-order valence-electron chi connectivity index (χ1n) is 9.07. The number of aromatic nitrogens is 2. The van der Waals surface area contributed by atoms with Crippen LogP contribution in [0.25, 0.3) is 21.8 Å². The molecule has 3 nitrogen and oxygen atoms in total. The van der Waals surface area contributed by atoms with Crippen LogP contribution in [-0.4, -0.2) is 16.1 Å². The van der Waals surface area contributed by atoms with Crippen LogP contribution < -0.4 is 5.73 Å². The zero-order chi connectivity index (χ0) is 17.4. The van der Waals surface area contributed by atoms with Crippen molar-refractivity contribution in [3.8, 4) is 0 Å². The Morgan fingerprint density at radius 3 is 2.52 bits per heavy atom. The third kappa shape index (κ3) is 2.56. The molecule has 3 heteroatoms.